The van der Waals surface area contributed by atoms with E-state index in [0.29, 0.717) is 17.2 Å². The van der Waals surface area contributed by atoms with Gasteiger partial charge in [-0.15, -0.1) is 0 Å². The van der Waals surface area contributed by atoms with Gasteiger partial charge in [-0.1, -0.05) is 6.92 Å². The average molecular weight is 293 g/mol. The van der Waals surface area contributed by atoms with Crippen LogP contribution in [0.4, 0.5) is 0 Å². The van der Waals surface area contributed by atoms with Crippen LogP contribution in [0.15, 0.2) is 16.5 Å². The molecule has 20 heavy (non-hydrogen) atoms. The van der Waals surface area contributed by atoms with Crippen molar-refractivity contribution >= 4 is 11.8 Å². The Bertz CT molecular complexity index is 473. The zero-order valence-electron chi connectivity index (χ0n) is 12.1. The molecule has 3 fully saturated rings. The summed E-state index contributed by atoms with van der Waals surface area (Å²) in [6.07, 6.45) is 2.47. The van der Waals surface area contributed by atoms with Gasteiger partial charge in [0.2, 0.25) is 0 Å². The second-order valence-corrected chi connectivity index (χ2v) is 7.78. The molecule has 4 atom stereocenters. The third kappa shape index (κ3) is 2.53. The van der Waals surface area contributed by atoms with Crippen molar-refractivity contribution < 1.29 is 9.15 Å². The lowest BCUT2D eigenvalue weighted by Crippen LogP contribution is -2.51. The van der Waals surface area contributed by atoms with Crippen molar-refractivity contribution in [1.29, 1.82) is 0 Å². The molecule has 0 spiro atoms. The van der Waals surface area contributed by atoms with E-state index in [1.165, 1.54) is 30.9 Å². The van der Waals surface area contributed by atoms with E-state index in [2.05, 4.69) is 35.7 Å². The summed E-state index contributed by atoms with van der Waals surface area (Å²) in [5.41, 5.74) is 0. The van der Waals surface area contributed by atoms with Crippen LogP contribution in [0, 0.1) is 5.92 Å². The van der Waals surface area contributed by atoms with Gasteiger partial charge in [0, 0.05) is 36.1 Å². The smallest absolute Gasteiger partial charge is 0.118 e. The van der Waals surface area contributed by atoms with Crippen LogP contribution in [0.25, 0.3) is 0 Å². The Morgan fingerprint density at radius 3 is 3.15 bits per heavy atom. The number of fused-ring (bicyclic) bond motifs is 1. The predicted octanol–water partition coefficient (Wildman–Crippen LogP) is 3.11. The highest BCUT2D eigenvalue weighted by molar-refractivity contribution is 8.00. The summed E-state index contributed by atoms with van der Waals surface area (Å²) in [4.78, 5) is 2.61. The fourth-order valence-corrected chi connectivity index (χ4v) is 4.92. The molecule has 0 aromatic carbocycles. The second kappa shape index (κ2) is 5.39. The first kappa shape index (κ1) is 13.2. The topological polar surface area (TPSA) is 25.6 Å². The Morgan fingerprint density at radius 1 is 1.40 bits per heavy atom. The van der Waals surface area contributed by atoms with E-state index in [9.17, 15) is 0 Å². The van der Waals surface area contributed by atoms with Gasteiger partial charge in [-0.05, 0) is 30.9 Å². The van der Waals surface area contributed by atoms with E-state index in [4.69, 9.17) is 9.15 Å². The van der Waals surface area contributed by atoms with Crippen LogP contribution in [0.1, 0.15) is 37.2 Å². The summed E-state index contributed by atoms with van der Waals surface area (Å²) in [7, 11) is 0. The molecule has 1 aromatic rings. The molecule has 4 rings (SSSR count). The molecule has 110 valence electrons. The Balaban J connectivity index is 1.43. The molecule has 2 aliphatic heterocycles. The summed E-state index contributed by atoms with van der Waals surface area (Å²) in [6.45, 7) is 6.31. The van der Waals surface area contributed by atoms with Gasteiger partial charge in [0.15, 0.2) is 0 Å². The number of furan rings is 1. The third-order valence-corrected chi connectivity index (χ3v) is 6.26. The van der Waals surface area contributed by atoms with Crippen molar-refractivity contribution in [3.8, 4) is 0 Å². The lowest BCUT2D eigenvalue weighted by molar-refractivity contribution is 0.0327. The van der Waals surface area contributed by atoms with Gasteiger partial charge in [-0.25, -0.2) is 0 Å². The highest BCUT2D eigenvalue weighted by Gasteiger charge is 2.37. The maximum Gasteiger partial charge on any atom is 0.118 e. The van der Waals surface area contributed by atoms with E-state index in [1.54, 1.807) is 0 Å². The van der Waals surface area contributed by atoms with Crippen molar-refractivity contribution in [1.82, 2.24) is 4.90 Å². The highest BCUT2D eigenvalue weighted by atomic mass is 32.2. The van der Waals surface area contributed by atoms with Gasteiger partial charge < -0.3 is 9.15 Å². The number of nitrogens with zero attached hydrogens (tertiary/aromatic N) is 1. The minimum Gasteiger partial charge on any atom is -0.464 e. The maximum atomic E-state index is 6.08. The van der Waals surface area contributed by atoms with Gasteiger partial charge in [0.1, 0.15) is 11.5 Å². The van der Waals surface area contributed by atoms with Gasteiger partial charge in [0.05, 0.1) is 13.2 Å². The third-order valence-electron chi connectivity index (χ3n) is 4.96. The van der Waals surface area contributed by atoms with E-state index in [1.807, 2.05) is 0 Å². The van der Waals surface area contributed by atoms with Crippen LogP contribution in [0.2, 0.25) is 0 Å². The van der Waals surface area contributed by atoms with E-state index < -0.39 is 0 Å². The first-order valence-corrected chi connectivity index (χ1v) is 8.88. The molecule has 3 nitrogen and oxygen atoms in total. The zero-order chi connectivity index (χ0) is 13.5. The lowest BCUT2D eigenvalue weighted by Gasteiger charge is -2.43. The largest absolute Gasteiger partial charge is 0.464 e. The Hall–Kier alpha value is -0.450. The van der Waals surface area contributed by atoms with E-state index in [-0.39, 0.29) is 0 Å². The van der Waals surface area contributed by atoms with Crippen LogP contribution in [0.5, 0.6) is 0 Å². The normalized spacial score (nSPS) is 37.6. The Morgan fingerprint density at radius 2 is 2.30 bits per heavy atom. The molecule has 0 N–H and O–H groups in total. The van der Waals surface area contributed by atoms with Crippen LogP contribution < -0.4 is 0 Å². The van der Waals surface area contributed by atoms with Gasteiger partial charge in [-0.2, -0.15) is 11.8 Å². The summed E-state index contributed by atoms with van der Waals surface area (Å²) in [6, 6.07) is 5.07. The average Bonchev–Trinajstić information content (AvgIpc) is 3.02. The Kier molecular flexibility index (Phi) is 3.57. The van der Waals surface area contributed by atoms with Crippen molar-refractivity contribution in [2.45, 2.75) is 43.5 Å². The molecule has 3 heterocycles. The number of hydrogen-bond donors (Lipinski definition) is 0. The van der Waals surface area contributed by atoms with Crippen molar-refractivity contribution in [2.75, 3.05) is 25.5 Å². The fourth-order valence-electron chi connectivity index (χ4n) is 3.56. The van der Waals surface area contributed by atoms with Crippen LogP contribution in [-0.2, 0) is 11.3 Å². The van der Waals surface area contributed by atoms with E-state index >= 15 is 0 Å². The first-order valence-electron chi connectivity index (χ1n) is 7.83. The molecule has 1 saturated carbocycles. The molecule has 0 amide bonds. The van der Waals surface area contributed by atoms with Crippen molar-refractivity contribution in [3.05, 3.63) is 23.7 Å². The van der Waals surface area contributed by atoms with Crippen LogP contribution >= 0.6 is 11.8 Å². The minimum atomic E-state index is 0.662. The molecular weight excluding hydrogens is 270 g/mol. The molecule has 0 bridgehead atoms. The zero-order valence-corrected chi connectivity index (χ0v) is 12.9. The summed E-state index contributed by atoms with van der Waals surface area (Å²) < 4.78 is 11.7. The van der Waals surface area contributed by atoms with E-state index in [0.717, 1.165) is 31.4 Å². The first-order chi connectivity index (χ1) is 9.81. The summed E-state index contributed by atoms with van der Waals surface area (Å²) in [5.74, 6) is 5.09. The predicted molar refractivity (Wildman–Crippen MR) is 81.1 cm³/mol. The Labute approximate surface area is 125 Å². The highest BCUT2D eigenvalue weighted by Crippen LogP contribution is 2.47. The number of rotatable bonds is 3. The fraction of sp³-hybridized carbons (Fsp3) is 0.750. The second-order valence-electron chi connectivity index (χ2n) is 6.43. The van der Waals surface area contributed by atoms with Crippen LogP contribution in [0.3, 0.4) is 0 Å². The maximum absolute atomic E-state index is 6.08. The minimum absolute atomic E-state index is 0.662. The van der Waals surface area contributed by atoms with Gasteiger partial charge >= 0.3 is 0 Å². The molecule has 1 aromatic heterocycles. The van der Waals surface area contributed by atoms with Crippen molar-refractivity contribution in [2.24, 2.45) is 5.92 Å². The molecule has 3 aliphatic rings. The van der Waals surface area contributed by atoms with Gasteiger partial charge in [-0.3, -0.25) is 4.90 Å². The standard InChI is InChI=1S/C16H23NO2S/c1-11-8-13(11)15-3-2-12(19-15)9-17-5-7-20-16-10-18-6-4-14(16)17/h2-3,11,13-14,16H,4-10H2,1H3. The number of ether oxygens (including phenoxy) is 1. The summed E-state index contributed by atoms with van der Waals surface area (Å²) >= 11 is 2.08. The SMILES string of the molecule is CC1CC1c1ccc(CN2CCSC3COCCC32)o1. The molecule has 1 aliphatic carbocycles. The molecule has 4 unspecified atom stereocenters. The molecular formula is C16H23NO2S. The molecule has 0 radical (unpaired) electrons. The molecule has 2 saturated heterocycles. The lowest BCUT2D eigenvalue weighted by atomic mass is 10.1. The summed E-state index contributed by atoms with van der Waals surface area (Å²) in [5, 5.41) is 0.662. The quantitative estimate of drug-likeness (QED) is 0.855. The van der Waals surface area contributed by atoms with Crippen molar-refractivity contribution in [3.63, 3.8) is 0 Å². The monoisotopic (exact) mass is 293 g/mol. The molecule has 4 heteroatoms. The number of thioether (sulfide) groups is 1. The number of hydrogen-bond acceptors (Lipinski definition) is 4. The van der Waals surface area contributed by atoms with Gasteiger partial charge in [0.25, 0.3) is 0 Å². The van der Waals surface area contributed by atoms with Crippen LogP contribution in [-0.4, -0.2) is 41.7 Å².